The minimum absolute atomic E-state index is 0.155. The van der Waals surface area contributed by atoms with E-state index in [-0.39, 0.29) is 17.2 Å². The van der Waals surface area contributed by atoms with Crippen LogP contribution in [-0.2, 0) is 9.59 Å². The van der Waals surface area contributed by atoms with Crippen molar-refractivity contribution in [1.29, 1.82) is 0 Å². The number of benzene rings is 1. The van der Waals surface area contributed by atoms with Gasteiger partial charge in [0.15, 0.2) is 0 Å². The summed E-state index contributed by atoms with van der Waals surface area (Å²) in [5.41, 5.74) is 7.82. The van der Waals surface area contributed by atoms with Crippen LogP contribution in [-0.4, -0.2) is 17.9 Å². The summed E-state index contributed by atoms with van der Waals surface area (Å²) < 4.78 is 0. The van der Waals surface area contributed by atoms with Gasteiger partial charge in [0.2, 0.25) is 11.8 Å². The molecule has 20 heavy (non-hydrogen) atoms. The second kappa shape index (κ2) is 6.05. The van der Waals surface area contributed by atoms with Crippen LogP contribution in [0.3, 0.4) is 0 Å². The number of rotatable bonds is 3. The molecule has 1 aromatic carbocycles. The molecule has 1 unspecified atom stereocenters. The predicted octanol–water partition coefficient (Wildman–Crippen LogP) is 2.27. The van der Waals surface area contributed by atoms with Crippen molar-refractivity contribution in [2.45, 2.75) is 40.7 Å². The summed E-state index contributed by atoms with van der Waals surface area (Å²) >= 11 is 0. The lowest BCUT2D eigenvalue weighted by molar-refractivity contribution is -0.119. The molecule has 1 aromatic rings. The van der Waals surface area contributed by atoms with Crippen LogP contribution in [0.5, 0.6) is 0 Å². The van der Waals surface area contributed by atoms with Crippen LogP contribution >= 0.6 is 0 Å². The lowest BCUT2D eigenvalue weighted by atomic mass is 9.87. The Morgan fingerprint density at radius 2 is 1.80 bits per heavy atom. The van der Waals surface area contributed by atoms with Crippen LogP contribution in [0.4, 0.5) is 11.4 Å². The maximum absolute atomic E-state index is 12.1. The van der Waals surface area contributed by atoms with Crippen LogP contribution in [0, 0.1) is 12.3 Å². The molecule has 0 fully saturated rings. The van der Waals surface area contributed by atoms with E-state index in [0.29, 0.717) is 11.4 Å². The first-order valence-electron chi connectivity index (χ1n) is 6.56. The summed E-state index contributed by atoms with van der Waals surface area (Å²) in [6.45, 7) is 9.07. The van der Waals surface area contributed by atoms with E-state index < -0.39 is 6.04 Å². The van der Waals surface area contributed by atoms with Crippen molar-refractivity contribution >= 4 is 23.2 Å². The fourth-order valence-electron chi connectivity index (χ4n) is 1.64. The summed E-state index contributed by atoms with van der Waals surface area (Å²) in [7, 11) is 0. The van der Waals surface area contributed by atoms with Gasteiger partial charge in [0.05, 0.1) is 6.04 Å². The largest absolute Gasteiger partial charge is 0.326 e. The Morgan fingerprint density at radius 3 is 2.30 bits per heavy atom. The molecule has 0 heterocycles. The van der Waals surface area contributed by atoms with Crippen molar-refractivity contribution in [2.75, 3.05) is 10.6 Å². The van der Waals surface area contributed by atoms with E-state index >= 15 is 0 Å². The average molecular weight is 277 g/mol. The van der Waals surface area contributed by atoms with E-state index in [4.69, 9.17) is 5.73 Å². The maximum atomic E-state index is 12.1. The fraction of sp³-hybridized carbons (Fsp3) is 0.467. The highest BCUT2D eigenvalue weighted by molar-refractivity contribution is 5.97. The fourth-order valence-corrected chi connectivity index (χ4v) is 1.64. The standard InChI is InChI=1S/C15H23N3O2/c1-9-6-7-11(17-10(2)19)8-12(9)18-14(20)13(16)15(3,4)5/h6-8,13H,16H2,1-5H3,(H,17,19)(H,18,20). The van der Waals surface area contributed by atoms with Gasteiger partial charge in [-0.15, -0.1) is 0 Å². The number of amides is 2. The Balaban J connectivity index is 2.91. The molecule has 0 spiro atoms. The number of nitrogens with one attached hydrogen (secondary N) is 2. The highest BCUT2D eigenvalue weighted by Crippen LogP contribution is 2.23. The summed E-state index contributed by atoms with van der Waals surface area (Å²) in [5, 5.41) is 5.50. The first kappa shape index (κ1) is 16.2. The SMILES string of the molecule is CC(=O)Nc1ccc(C)c(NC(=O)C(N)C(C)(C)C)c1. The molecular weight excluding hydrogens is 254 g/mol. The van der Waals surface area contributed by atoms with Gasteiger partial charge >= 0.3 is 0 Å². The highest BCUT2D eigenvalue weighted by Gasteiger charge is 2.27. The van der Waals surface area contributed by atoms with Crippen LogP contribution < -0.4 is 16.4 Å². The third kappa shape index (κ3) is 4.35. The molecule has 110 valence electrons. The molecule has 1 rings (SSSR count). The monoisotopic (exact) mass is 277 g/mol. The van der Waals surface area contributed by atoms with E-state index in [1.54, 1.807) is 12.1 Å². The van der Waals surface area contributed by atoms with Crippen molar-refractivity contribution in [3.63, 3.8) is 0 Å². The third-order valence-corrected chi connectivity index (χ3v) is 3.03. The summed E-state index contributed by atoms with van der Waals surface area (Å²) in [6.07, 6.45) is 0. The van der Waals surface area contributed by atoms with Crippen molar-refractivity contribution in [2.24, 2.45) is 11.1 Å². The number of hydrogen-bond donors (Lipinski definition) is 3. The van der Waals surface area contributed by atoms with Gasteiger partial charge in [0, 0.05) is 18.3 Å². The summed E-state index contributed by atoms with van der Waals surface area (Å²) in [6, 6.07) is 4.75. The molecule has 0 aliphatic heterocycles. The lowest BCUT2D eigenvalue weighted by Crippen LogP contribution is -2.45. The molecule has 0 saturated carbocycles. The Morgan fingerprint density at radius 1 is 1.20 bits per heavy atom. The van der Waals surface area contributed by atoms with Gasteiger partial charge in [-0.1, -0.05) is 26.8 Å². The molecule has 0 saturated heterocycles. The molecule has 0 radical (unpaired) electrons. The molecule has 5 heteroatoms. The molecule has 0 aliphatic carbocycles. The van der Waals surface area contributed by atoms with Gasteiger partial charge in [-0.2, -0.15) is 0 Å². The lowest BCUT2D eigenvalue weighted by Gasteiger charge is -2.26. The second-order valence-electron chi connectivity index (χ2n) is 6.04. The molecule has 0 bridgehead atoms. The Labute approximate surface area is 119 Å². The Hall–Kier alpha value is -1.88. The summed E-state index contributed by atoms with van der Waals surface area (Å²) in [4.78, 5) is 23.2. The normalized spacial score (nSPS) is 12.7. The number of nitrogens with two attached hydrogens (primary N) is 1. The van der Waals surface area contributed by atoms with Crippen LogP contribution in [0.25, 0.3) is 0 Å². The van der Waals surface area contributed by atoms with Crippen LogP contribution in [0.2, 0.25) is 0 Å². The first-order chi connectivity index (χ1) is 9.11. The number of carbonyl (C=O) groups is 2. The van der Waals surface area contributed by atoms with Crippen LogP contribution in [0.15, 0.2) is 18.2 Å². The average Bonchev–Trinajstić information content (AvgIpc) is 2.30. The molecule has 4 N–H and O–H groups in total. The quantitative estimate of drug-likeness (QED) is 0.792. The minimum Gasteiger partial charge on any atom is -0.326 e. The molecule has 1 atom stereocenters. The van der Waals surface area contributed by atoms with Crippen molar-refractivity contribution in [1.82, 2.24) is 0 Å². The molecule has 5 nitrogen and oxygen atoms in total. The van der Waals surface area contributed by atoms with E-state index in [1.807, 2.05) is 33.8 Å². The number of anilines is 2. The van der Waals surface area contributed by atoms with E-state index in [9.17, 15) is 9.59 Å². The number of carbonyl (C=O) groups excluding carboxylic acids is 2. The molecule has 2 amide bonds. The Kier molecular flexibility index (Phi) is 4.89. The smallest absolute Gasteiger partial charge is 0.241 e. The third-order valence-electron chi connectivity index (χ3n) is 3.03. The van der Waals surface area contributed by atoms with Crippen molar-refractivity contribution in [3.05, 3.63) is 23.8 Å². The first-order valence-corrected chi connectivity index (χ1v) is 6.56. The van der Waals surface area contributed by atoms with Gasteiger partial charge in [-0.25, -0.2) is 0 Å². The van der Waals surface area contributed by atoms with Gasteiger partial charge in [-0.3, -0.25) is 9.59 Å². The van der Waals surface area contributed by atoms with Gasteiger partial charge < -0.3 is 16.4 Å². The zero-order chi connectivity index (χ0) is 15.5. The molecular formula is C15H23N3O2. The van der Waals surface area contributed by atoms with E-state index in [0.717, 1.165) is 5.56 Å². The van der Waals surface area contributed by atoms with Gasteiger partial charge in [0.1, 0.15) is 0 Å². The van der Waals surface area contributed by atoms with Gasteiger partial charge in [-0.05, 0) is 30.0 Å². The predicted molar refractivity (Wildman–Crippen MR) is 81.5 cm³/mol. The Bertz CT molecular complexity index is 518. The van der Waals surface area contributed by atoms with Crippen LogP contribution in [0.1, 0.15) is 33.3 Å². The van der Waals surface area contributed by atoms with E-state index in [1.165, 1.54) is 6.92 Å². The second-order valence-corrected chi connectivity index (χ2v) is 6.04. The zero-order valence-corrected chi connectivity index (χ0v) is 12.7. The number of aryl methyl sites for hydroxylation is 1. The van der Waals surface area contributed by atoms with Crippen molar-refractivity contribution in [3.8, 4) is 0 Å². The maximum Gasteiger partial charge on any atom is 0.241 e. The molecule has 0 aliphatic rings. The number of hydrogen-bond acceptors (Lipinski definition) is 3. The van der Waals surface area contributed by atoms with E-state index in [2.05, 4.69) is 10.6 Å². The summed E-state index contributed by atoms with van der Waals surface area (Å²) in [5.74, 6) is -0.391. The zero-order valence-electron chi connectivity index (χ0n) is 12.7. The van der Waals surface area contributed by atoms with Gasteiger partial charge in [0.25, 0.3) is 0 Å². The van der Waals surface area contributed by atoms with Crippen molar-refractivity contribution < 1.29 is 9.59 Å². The molecule has 0 aromatic heterocycles. The minimum atomic E-state index is -0.605. The topological polar surface area (TPSA) is 84.2 Å². The highest BCUT2D eigenvalue weighted by atomic mass is 16.2.